The fourth-order valence-electron chi connectivity index (χ4n) is 2.95. The summed E-state index contributed by atoms with van der Waals surface area (Å²) < 4.78 is 7.96. The van der Waals surface area contributed by atoms with E-state index in [0.717, 1.165) is 28.4 Å². The van der Waals surface area contributed by atoms with Crippen LogP contribution in [-0.2, 0) is 11.3 Å². The number of hydrogen-bond acceptors (Lipinski definition) is 5. The van der Waals surface area contributed by atoms with E-state index in [4.69, 9.17) is 4.74 Å². The number of benzene rings is 2. The molecule has 0 saturated heterocycles. The number of para-hydroxylation sites is 1. The van der Waals surface area contributed by atoms with Gasteiger partial charge in [-0.2, -0.15) is 0 Å². The molecule has 3 aromatic rings. The van der Waals surface area contributed by atoms with E-state index in [2.05, 4.69) is 15.5 Å². The lowest BCUT2D eigenvalue weighted by molar-refractivity contribution is -0.113. The van der Waals surface area contributed by atoms with Gasteiger partial charge in [0.1, 0.15) is 5.75 Å². The average Bonchev–Trinajstić information content (AvgIpc) is 3.13. The lowest BCUT2D eigenvalue weighted by atomic mass is 10.1. The molecule has 2 aromatic carbocycles. The van der Waals surface area contributed by atoms with Crippen LogP contribution in [0.4, 0.5) is 5.69 Å². The molecule has 0 spiro atoms. The van der Waals surface area contributed by atoms with Crippen molar-refractivity contribution in [3.8, 4) is 5.75 Å². The molecule has 1 aromatic heterocycles. The van der Waals surface area contributed by atoms with Crippen LogP contribution in [0.15, 0.2) is 53.7 Å². The lowest BCUT2D eigenvalue weighted by Gasteiger charge is -2.15. The van der Waals surface area contributed by atoms with E-state index in [1.165, 1.54) is 11.8 Å². The molecular weight excluding hydrogens is 384 g/mol. The molecule has 0 bridgehead atoms. The minimum Gasteiger partial charge on any atom is -0.483 e. The average molecular weight is 411 g/mol. The van der Waals surface area contributed by atoms with Gasteiger partial charge in [-0.15, -0.1) is 10.2 Å². The summed E-state index contributed by atoms with van der Waals surface area (Å²) in [6.45, 7) is 8.67. The van der Waals surface area contributed by atoms with E-state index in [9.17, 15) is 4.79 Å². The molecule has 0 fully saturated rings. The number of amides is 1. The first-order chi connectivity index (χ1) is 14.0. The number of carbonyl (C=O) groups is 1. The minimum absolute atomic E-state index is 0.0653. The summed E-state index contributed by atoms with van der Waals surface area (Å²) in [4.78, 5) is 12.4. The Morgan fingerprint density at radius 2 is 1.93 bits per heavy atom. The second-order valence-electron chi connectivity index (χ2n) is 6.81. The maximum atomic E-state index is 12.4. The molecule has 152 valence electrons. The van der Waals surface area contributed by atoms with Gasteiger partial charge in [0, 0.05) is 12.2 Å². The highest BCUT2D eigenvalue weighted by Crippen LogP contribution is 2.25. The fraction of sp³-hybridized carbons (Fsp3) is 0.318. The number of carbonyl (C=O) groups excluding carboxylic acids is 1. The summed E-state index contributed by atoms with van der Waals surface area (Å²) in [5, 5.41) is 12.3. The van der Waals surface area contributed by atoms with E-state index in [-0.39, 0.29) is 17.8 Å². The first-order valence-electron chi connectivity index (χ1n) is 9.62. The number of nitrogens with zero attached hydrogens (tertiary/aromatic N) is 3. The molecule has 0 saturated carbocycles. The number of ether oxygens (including phenoxy) is 1. The third-order valence-electron chi connectivity index (χ3n) is 4.48. The molecule has 6 nitrogen and oxygen atoms in total. The van der Waals surface area contributed by atoms with Gasteiger partial charge in [0.15, 0.2) is 17.1 Å². The molecule has 7 heteroatoms. The Morgan fingerprint density at radius 3 is 2.66 bits per heavy atom. The van der Waals surface area contributed by atoms with E-state index in [0.29, 0.717) is 11.7 Å². The van der Waals surface area contributed by atoms with Gasteiger partial charge >= 0.3 is 0 Å². The number of aryl methyl sites for hydroxylation is 2. The molecule has 1 atom stereocenters. The normalized spacial score (nSPS) is 11.9. The molecule has 3 rings (SSSR count). The summed E-state index contributed by atoms with van der Waals surface area (Å²) in [5.41, 5.74) is 3.00. The van der Waals surface area contributed by atoms with Gasteiger partial charge in [0.2, 0.25) is 5.91 Å². The fourth-order valence-corrected chi connectivity index (χ4v) is 3.76. The Bertz CT molecular complexity index is 972. The number of aromatic nitrogens is 3. The van der Waals surface area contributed by atoms with E-state index < -0.39 is 0 Å². The zero-order valence-corrected chi connectivity index (χ0v) is 18.0. The van der Waals surface area contributed by atoms with Crippen LogP contribution in [-0.4, -0.2) is 26.4 Å². The van der Waals surface area contributed by atoms with Crippen molar-refractivity contribution in [1.29, 1.82) is 0 Å². The molecule has 0 radical (unpaired) electrons. The number of rotatable bonds is 8. The van der Waals surface area contributed by atoms with Crippen LogP contribution < -0.4 is 10.1 Å². The van der Waals surface area contributed by atoms with Crippen molar-refractivity contribution in [3.05, 3.63) is 65.5 Å². The maximum absolute atomic E-state index is 12.4. The largest absolute Gasteiger partial charge is 0.483 e. The molecule has 1 amide bonds. The lowest BCUT2D eigenvalue weighted by Crippen LogP contribution is -2.16. The second kappa shape index (κ2) is 9.60. The van der Waals surface area contributed by atoms with Crippen LogP contribution >= 0.6 is 11.8 Å². The predicted molar refractivity (Wildman–Crippen MR) is 116 cm³/mol. The molecule has 0 aliphatic heterocycles. The monoisotopic (exact) mass is 410 g/mol. The standard InChI is InChI=1S/C22H26N4O2S/c1-5-26-21(17(4)28-18-9-7-6-8-10-18)24-25-22(26)29-14-20(27)23-19-13-15(2)11-12-16(19)3/h6-13,17H,5,14H2,1-4H3,(H,23,27)/t17-/m1/s1. The van der Waals surface area contributed by atoms with Crippen molar-refractivity contribution < 1.29 is 9.53 Å². The molecule has 29 heavy (non-hydrogen) atoms. The van der Waals surface area contributed by atoms with Crippen LogP contribution in [0.2, 0.25) is 0 Å². The van der Waals surface area contributed by atoms with Gasteiger partial charge in [0.25, 0.3) is 0 Å². The number of hydrogen-bond donors (Lipinski definition) is 1. The van der Waals surface area contributed by atoms with Crippen LogP contribution in [0.3, 0.4) is 0 Å². The molecule has 1 heterocycles. The summed E-state index contributed by atoms with van der Waals surface area (Å²) >= 11 is 1.38. The van der Waals surface area contributed by atoms with Gasteiger partial charge in [-0.05, 0) is 57.0 Å². The highest BCUT2D eigenvalue weighted by molar-refractivity contribution is 7.99. The third kappa shape index (κ3) is 5.38. The van der Waals surface area contributed by atoms with Crippen molar-refractivity contribution in [2.45, 2.75) is 45.5 Å². The summed E-state index contributed by atoms with van der Waals surface area (Å²) in [6, 6.07) is 15.7. The van der Waals surface area contributed by atoms with E-state index in [1.807, 2.05) is 80.8 Å². The highest BCUT2D eigenvalue weighted by atomic mass is 32.2. The third-order valence-corrected chi connectivity index (χ3v) is 5.45. The Kier molecular flexibility index (Phi) is 6.93. The maximum Gasteiger partial charge on any atom is 0.234 e. The van der Waals surface area contributed by atoms with Crippen LogP contribution in [0, 0.1) is 13.8 Å². The Hall–Kier alpha value is -2.80. The van der Waals surface area contributed by atoms with Crippen molar-refractivity contribution in [3.63, 3.8) is 0 Å². The van der Waals surface area contributed by atoms with E-state index in [1.54, 1.807) is 0 Å². The van der Waals surface area contributed by atoms with Gasteiger partial charge in [-0.3, -0.25) is 4.79 Å². The number of nitrogens with one attached hydrogen (secondary N) is 1. The Balaban J connectivity index is 1.64. The molecular formula is C22H26N4O2S. The molecule has 0 aliphatic carbocycles. The first kappa shape index (κ1) is 20.9. The van der Waals surface area contributed by atoms with Crippen molar-refractivity contribution >= 4 is 23.4 Å². The quantitative estimate of drug-likeness (QED) is 0.541. The second-order valence-corrected chi connectivity index (χ2v) is 7.76. The Morgan fingerprint density at radius 1 is 1.17 bits per heavy atom. The van der Waals surface area contributed by atoms with E-state index >= 15 is 0 Å². The summed E-state index contributed by atoms with van der Waals surface area (Å²) in [7, 11) is 0. The molecule has 0 aliphatic rings. The summed E-state index contributed by atoms with van der Waals surface area (Å²) in [6.07, 6.45) is -0.247. The van der Waals surface area contributed by atoms with Gasteiger partial charge < -0.3 is 14.6 Å². The van der Waals surface area contributed by atoms with Gasteiger partial charge in [0.05, 0.1) is 5.75 Å². The topological polar surface area (TPSA) is 69.0 Å². The van der Waals surface area contributed by atoms with Gasteiger partial charge in [-0.1, -0.05) is 42.1 Å². The summed E-state index contributed by atoms with van der Waals surface area (Å²) in [5.74, 6) is 1.73. The number of anilines is 1. The highest BCUT2D eigenvalue weighted by Gasteiger charge is 2.19. The number of thioether (sulfide) groups is 1. The first-order valence-corrected chi connectivity index (χ1v) is 10.6. The predicted octanol–water partition coefficient (Wildman–Crippen LogP) is 4.79. The molecule has 0 unspecified atom stereocenters. The smallest absolute Gasteiger partial charge is 0.234 e. The minimum atomic E-state index is -0.247. The van der Waals surface area contributed by atoms with Crippen molar-refractivity contribution in [1.82, 2.24) is 14.8 Å². The zero-order chi connectivity index (χ0) is 20.8. The SMILES string of the molecule is CCn1c(SCC(=O)Nc2cc(C)ccc2C)nnc1[C@@H](C)Oc1ccccc1. The van der Waals surface area contributed by atoms with Gasteiger partial charge in [-0.25, -0.2) is 0 Å². The van der Waals surface area contributed by atoms with Crippen molar-refractivity contribution in [2.24, 2.45) is 0 Å². The Labute approximate surface area is 175 Å². The van der Waals surface area contributed by atoms with Crippen molar-refractivity contribution in [2.75, 3.05) is 11.1 Å². The van der Waals surface area contributed by atoms with Crippen LogP contribution in [0.25, 0.3) is 0 Å². The molecule has 1 N–H and O–H groups in total. The zero-order valence-electron chi connectivity index (χ0n) is 17.2. The van der Waals surface area contributed by atoms with Crippen LogP contribution in [0.1, 0.15) is 36.9 Å². The van der Waals surface area contributed by atoms with Crippen LogP contribution in [0.5, 0.6) is 5.75 Å².